The zero-order valence-electron chi connectivity index (χ0n) is 9.39. The number of hydrogen-bond acceptors (Lipinski definition) is 6. The fourth-order valence-corrected chi connectivity index (χ4v) is 1.38. The highest BCUT2D eigenvalue weighted by molar-refractivity contribution is 6.17. The van der Waals surface area contributed by atoms with Gasteiger partial charge in [-0.15, -0.1) is 16.7 Å². The van der Waals surface area contributed by atoms with Gasteiger partial charge in [-0.3, -0.25) is 0 Å². The van der Waals surface area contributed by atoms with Gasteiger partial charge < -0.3 is 19.2 Å². The van der Waals surface area contributed by atoms with Gasteiger partial charge in [0.2, 0.25) is 5.89 Å². The molecule has 1 rings (SSSR count). The zero-order chi connectivity index (χ0) is 12.0. The number of hydrogen-bond donors (Lipinski definition) is 1. The third-order valence-electron chi connectivity index (χ3n) is 1.93. The Morgan fingerprint density at radius 2 is 2.31 bits per heavy atom. The molecule has 1 heterocycles. The van der Waals surface area contributed by atoms with Gasteiger partial charge in [-0.1, -0.05) is 5.10 Å². The number of anilines is 1. The van der Waals surface area contributed by atoms with Crippen LogP contribution in [0.5, 0.6) is 0 Å². The van der Waals surface area contributed by atoms with E-state index in [2.05, 4.69) is 10.2 Å². The number of alkyl halides is 1. The average Bonchev–Trinajstić information content (AvgIpc) is 2.67. The first-order valence-electron chi connectivity index (χ1n) is 4.93. The summed E-state index contributed by atoms with van der Waals surface area (Å²) >= 11 is 5.55. The molecule has 0 amide bonds. The lowest BCUT2D eigenvalue weighted by atomic mass is 10.3. The van der Waals surface area contributed by atoms with Crippen LogP contribution in [-0.4, -0.2) is 54.6 Å². The van der Waals surface area contributed by atoms with Crippen molar-refractivity contribution in [2.24, 2.45) is 0 Å². The summed E-state index contributed by atoms with van der Waals surface area (Å²) in [5.74, 6) is 0.940. The maximum Gasteiger partial charge on any atom is 0.317 e. The second kappa shape index (κ2) is 6.67. The van der Waals surface area contributed by atoms with E-state index in [1.165, 1.54) is 7.11 Å². The number of aliphatic hydroxyl groups is 1. The molecule has 0 aliphatic rings. The number of aryl methyl sites for hydroxylation is 1. The van der Waals surface area contributed by atoms with E-state index < -0.39 is 6.10 Å². The molecule has 1 atom stereocenters. The summed E-state index contributed by atoms with van der Waals surface area (Å²) in [6.07, 6.45) is -0.0402. The van der Waals surface area contributed by atoms with Crippen molar-refractivity contribution in [3.63, 3.8) is 0 Å². The lowest BCUT2D eigenvalue weighted by Crippen LogP contribution is -2.32. The monoisotopic (exact) mass is 249 g/mol. The Hall–Kier alpha value is -0.850. The molecule has 0 aliphatic heterocycles. The van der Waals surface area contributed by atoms with Crippen molar-refractivity contribution >= 4 is 17.6 Å². The molecule has 0 fully saturated rings. The molecule has 16 heavy (non-hydrogen) atoms. The van der Waals surface area contributed by atoms with E-state index >= 15 is 0 Å². The van der Waals surface area contributed by atoms with Gasteiger partial charge in [-0.05, 0) is 0 Å². The maximum atomic E-state index is 9.51. The first-order valence-corrected chi connectivity index (χ1v) is 5.47. The van der Waals surface area contributed by atoms with E-state index in [9.17, 15) is 5.11 Å². The Morgan fingerprint density at radius 3 is 2.94 bits per heavy atom. The highest BCUT2D eigenvalue weighted by atomic mass is 35.5. The second-order valence-corrected chi connectivity index (χ2v) is 3.79. The van der Waals surface area contributed by atoms with E-state index in [-0.39, 0.29) is 6.61 Å². The lowest BCUT2D eigenvalue weighted by molar-refractivity contribution is 0.0689. The fourth-order valence-electron chi connectivity index (χ4n) is 1.22. The molecule has 92 valence electrons. The summed E-state index contributed by atoms with van der Waals surface area (Å²) in [5.41, 5.74) is 0. The number of nitrogens with zero attached hydrogens (tertiary/aromatic N) is 3. The summed E-state index contributed by atoms with van der Waals surface area (Å²) in [6.45, 7) is 0.642. The van der Waals surface area contributed by atoms with Gasteiger partial charge in [0.25, 0.3) is 0 Å². The van der Waals surface area contributed by atoms with Crippen molar-refractivity contribution in [1.29, 1.82) is 0 Å². The van der Waals surface area contributed by atoms with Crippen LogP contribution >= 0.6 is 11.6 Å². The SMILES string of the molecule is COCC(O)CN(C)c1nnc(CCCl)o1. The Morgan fingerprint density at radius 1 is 1.56 bits per heavy atom. The highest BCUT2D eigenvalue weighted by Crippen LogP contribution is 2.11. The normalized spacial score (nSPS) is 12.8. The van der Waals surface area contributed by atoms with Crippen LogP contribution in [0, 0.1) is 0 Å². The first kappa shape index (κ1) is 13.2. The fraction of sp³-hybridized carbons (Fsp3) is 0.778. The molecule has 1 aromatic heterocycles. The third kappa shape index (κ3) is 3.96. The van der Waals surface area contributed by atoms with Gasteiger partial charge >= 0.3 is 6.01 Å². The van der Waals surface area contributed by atoms with Crippen LogP contribution in [0.1, 0.15) is 5.89 Å². The highest BCUT2D eigenvalue weighted by Gasteiger charge is 2.14. The van der Waals surface area contributed by atoms with Gasteiger partial charge in [-0.2, -0.15) is 0 Å². The number of aromatic nitrogens is 2. The van der Waals surface area contributed by atoms with Crippen LogP contribution in [0.2, 0.25) is 0 Å². The van der Waals surface area contributed by atoms with E-state index in [1.807, 2.05) is 0 Å². The van der Waals surface area contributed by atoms with E-state index in [0.29, 0.717) is 30.8 Å². The van der Waals surface area contributed by atoms with Crippen molar-refractivity contribution in [1.82, 2.24) is 10.2 Å². The molecule has 1 N–H and O–H groups in total. The van der Waals surface area contributed by atoms with Crippen LogP contribution in [0.15, 0.2) is 4.42 Å². The van der Waals surface area contributed by atoms with E-state index in [0.717, 1.165) is 0 Å². The quantitative estimate of drug-likeness (QED) is 0.701. The molecule has 0 aliphatic carbocycles. The number of likely N-dealkylation sites (N-methyl/N-ethyl adjacent to an activating group) is 1. The standard InChI is InChI=1S/C9H16ClN3O3/c1-13(5-7(14)6-15-2)9-12-11-8(16-9)3-4-10/h7,14H,3-6H2,1-2H3. The summed E-state index contributed by atoms with van der Waals surface area (Å²) in [7, 11) is 3.30. The van der Waals surface area contributed by atoms with Gasteiger partial charge in [-0.25, -0.2) is 0 Å². The number of methoxy groups -OCH3 is 1. The zero-order valence-corrected chi connectivity index (χ0v) is 10.1. The van der Waals surface area contributed by atoms with Crippen molar-refractivity contribution in [2.45, 2.75) is 12.5 Å². The van der Waals surface area contributed by atoms with Crippen molar-refractivity contribution in [2.75, 3.05) is 38.1 Å². The second-order valence-electron chi connectivity index (χ2n) is 3.41. The molecule has 1 unspecified atom stereocenters. The summed E-state index contributed by atoms with van der Waals surface area (Å²) in [5, 5.41) is 17.2. The number of rotatable bonds is 7. The Balaban J connectivity index is 2.48. The average molecular weight is 250 g/mol. The van der Waals surface area contributed by atoms with Gasteiger partial charge in [0, 0.05) is 26.5 Å². The predicted molar refractivity (Wildman–Crippen MR) is 59.9 cm³/mol. The molecular weight excluding hydrogens is 234 g/mol. The minimum Gasteiger partial charge on any atom is -0.408 e. The van der Waals surface area contributed by atoms with Crippen molar-refractivity contribution in [3.8, 4) is 0 Å². The van der Waals surface area contributed by atoms with Crippen LogP contribution in [-0.2, 0) is 11.2 Å². The number of aliphatic hydroxyl groups excluding tert-OH is 1. The topological polar surface area (TPSA) is 71.6 Å². The molecule has 0 saturated heterocycles. The molecular formula is C9H16ClN3O3. The molecule has 0 spiro atoms. The number of halogens is 1. The lowest BCUT2D eigenvalue weighted by Gasteiger charge is -2.17. The van der Waals surface area contributed by atoms with Gasteiger partial charge in [0.15, 0.2) is 0 Å². The summed E-state index contributed by atoms with van der Waals surface area (Å²) in [4.78, 5) is 1.68. The third-order valence-corrected chi connectivity index (χ3v) is 2.12. The molecule has 6 nitrogen and oxygen atoms in total. The molecule has 1 aromatic rings. The number of ether oxygens (including phenoxy) is 1. The minimum atomic E-state index is -0.585. The first-order chi connectivity index (χ1) is 7.67. The van der Waals surface area contributed by atoms with E-state index in [1.54, 1.807) is 11.9 Å². The van der Waals surface area contributed by atoms with Gasteiger partial charge in [0.05, 0.1) is 19.3 Å². The predicted octanol–water partition coefficient (Wildman–Crippen LogP) is 0.294. The smallest absolute Gasteiger partial charge is 0.317 e. The van der Waals surface area contributed by atoms with Crippen LogP contribution in [0.3, 0.4) is 0 Å². The Kier molecular flexibility index (Phi) is 5.51. The minimum absolute atomic E-state index is 0.271. The van der Waals surface area contributed by atoms with Crippen molar-refractivity contribution in [3.05, 3.63) is 5.89 Å². The summed E-state index contributed by atoms with van der Waals surface area (Å²) in [6, 6.07) is 0.371. The van der Waals surface area contributed by atoms with Gasteiger partial charge in [0.1, 0.15) is 0 Å². The molecule has 7 heteroatoms. The molecule has 0 aromatic carbocycles. The van der Waals surface area contributed by atoms with Crippen LogP contribution in [0.25, 0.3) is 0 Å². The molecule has 0 bridgehead atoms. The van der Waals surface area contributed by atoms with Crippen LogP contribution < -0.4 is 4.90 Å². The largest absolute Gasteiger partial charge is 0.408 e. The summed E-state index contributed by atoms with van der Waals surface area (Å²) < 4.78 is 10.2. The molecule has 0 radical (unpaired) electrons. The van der Waals surface area contributed by atoms with E-state index in [4.69, 9.17) is 20.8 Å². The molecule has 0 saturated carbocycles. The van der Waals surface area contributed by atoms with Crippen LogP contribution in [0.4, 0.5) is 6.01 Å². The Labute approximate surface area is 99.2 Å². The maximum absolute atomic E-state index is 9.51. The van der Waals surface area contributed by atoms with Crippen molar-refractivity contribution < 1.29 is 14.3 Å². The Bertz CT molecular complexity index is 308.